The van der Waals surface area contributed by atoms with Gasteiger partial charge in [0, 0.05) is 5.38 Å². The van der Waals surface area contributed by atoms with Gasteiger partial charge in [-0.25, -0.2) is 13.2 Å². The monoisotopic (exact) mass is 293 g/mol. The van der Waals surface area contributed by atoms with Crippen LogP contribution in [0.4, 0.5) is 0 Å². The van der Waals surface area contributed by atoms with Crippen molar-refractivity contribution in [2.75, 3.05) is 7.11 Å². The Hall–Kier alpha value is -1.45. The maximum atomic E-state index is 11.8. The Balaban J connectivity index is 2.92. The van der Waals surface area contributed by atoms with Gasteiger partial charge in [-0.2, -0.15) is 4.72 Å². The molecule has 0 amide bonds. The first-order valence-electron chi connectivity index (χ1n) is 4.70. The molecule has 18 heavy (non-hydrogen) atoms. The molecule has 0 fully saturated rings. The van der Waals surface area contributed by atoms with E-state index in [0.717, 1.165) is 24.5 Å². The molecule has 1 unspecified atom stereocenters. The van der Waals surface area contributed by atoms with Gasteiger partial charge in [0.05, 0.1) is 12.0 Å². The molecule has 0 spiro atoms. The van der Waals surface area contributed by atoms with Crippen LogP contribution in [-0.2, 0) is 19.6 Å². The van der Waals surface area contributed by atoms with Crippen LogP contribution in [-0.4, -0.2) is 38.6 Å². The third-order valence-corrected chi connectivity index (χ3v) is 4.57. The molecule has 0 saturated carbocycles. The van der Waals surface area contributed by atoms with E-state index in [9.17, 15) is 18.0 Å². The zero-order chi connectivity index (χ0) is 13.9. The Kier molecular flexibility index (Phi) is 4.43. The third-order valence-electron chi connectivity index (χ3n) is 1.98. The van der Waals surface area contributed by atoms with Gasteiger partial charge in [-0.3, -0.25) is 4.79 Å². The highest BCUT2D eigenvalue weighted by Crippen LogP contribution is 2.19. The van der Waals surface area contributed by atoms with E-state index in [1.807, 2.05) is 0 Å². The second-order valence-electron chi connectivity index (χ2n) is 3.32. The summed E-state index contributed by atoms with van der Waals surface area (Å²) in [6.07, 6.45) is 0. The molecule has 1 aromatic heterocycles. The lowest BCUT2D eigenvalue weighted by molar-refractivity contribution is -0.142. The first-order valence-corrected chi connectivity index (χ1v) is 7.06. The summed E-state index contributed by atoms with van der Waals surface area (Å²) in [6, 6.07) is -0.0209. The van der Waals surface area contributed by atoms with Crippen molar-refractivity contribution in [2.45, 2.75) is 17.9 Å². The molecule has 1 heterocycles. The quantitative estimate of drug-likeness (QED) is 0.755. The molecule has 0 bridgehead atoms. The normalized spacial score (nSPS) is 13.0. The fourth-order valence-electron chi connectivity index (χ4n) is 1.10. The summed E-state index contributed by atoms with van der Waals surface area (Å²) >= 11 is 0.791. The summed E-state index contributed by atoms with van der Waals surface area (Å²) in [5.74, 6) is -1.94. The van der Waals surface area contributed by atoms with E-state index in [1.165, 1.54) is 12.3 Å². The highest BCUT2D eigenvalue weighted by molar-refractivity contribution is 7.89. The lowest BCUT2D eigenvalue weighted by atomic mass is 10.4. The van der Waals surface area contributed by atoms with Crippen molar-refractivity contribution in [1.82, 2.24) is 4.72 Å². The largest absolute Gasteiger partial charge is 0.477 e. The van der Waals surface area contributed by atoms with Gasteiger partial charge in [-0.1, -0.05) is 0 Å². The smallest absolute Gasteiger partial charge is 0.345 e. The van der Waals surface area contributed by atoms with Gasteiger partial charge < -0.3 is 9.84 Å². The van der Waals surface area contributed by atoms with E-state index in [1.54, 1.807) is 0 Å². The molecule has 1 aromatic rings. The van der Waals surface area contributed by atoms with E-state index >= 15 is 0 Å². The predicted octanol–water partition coefficient (Wildman–Crippen LogP) is 0.286. The van der Waals surface area contributed by atoms with Crippen LogP contribution in [0, 0.1) is 0 Å². The van der Waals surface area contributed by atoms with E-state index in [4.69, 9.17) is 5.11 Å². The predicted molar refractivity (Wildman–Crippen MR) is 63.1 cm³/mol. The van der Waals surface area contributed by atoms with Crippen molar-refractivity contribution in [2.24, 2.45) is 0 Å². The van der Waals surface area contributed by atoms with Gasteiger partial charge >= 0.3 is 11.9 Å². The van der Waals surface area contributed by atoms with Crippen LogP contribution in [0.2, 0.25) is 0 Å². The standard InChI is InChI=1S/C9H11NO6S2/c1-5(9(13)16-2)10-18(14,15)6-3-7(8(11)12)17-4-6/h3-5,10H,1-2H3,(H,11,12). The Morgan fingerprint density at radius 3 is 2.56 bits per heavy atom. The van der Waals surface area contributed by atoms with Gasteiger partial charge in [0.25, 0.3) is 0 Å². The van der Waals surface area contributed by atoms with Crippen LogP contribution in [0.25, 0.3) is 0 Å². The molecule has 0 radical (unpaired) electrons. The minimum atomic E-state index is -3.93. The van der Waals surface area contributed by atoms with Gasteiger partial charge in [0.15, 0.2) is 0 Å². The number of nitrogens with one attached hydrogen (secondary N) is 1. The molecule has 0 aromatic carbocycles. The Morgan fingerprint density at radius 1 is 1.50 bits per heavy atom. The summed E-state index contributed by atoms with van der Waals surface area (Å²) in [5.41, 5.74) is 0. The number of thiophene rings is 1. The minimum Gasteiger partial charge on any atom is -0.477 e. The zero-order valence-electron chi connectivity index (χ0n) is 9.54. The van der Waals surface area contributed by atoms with Crippen molar-refractivity contribution in [3.8, 4) is 0 Å². The van der Waals surface area contributed by atoms with Gasteiger partial charge in [-0.15, -0.1) is 11.3 Å². The Bertz CT molecular complexity index is 561. The number of carbonyl (C=O) groups excluding carboxylic acids is 1. The molecule has 0 aliphatic rings. The zero-order valence-corrected chi connectivity index (χ0v) is 11.2. The summed E-state index contributed by atoms with van der Waals surface area (Å²) in [4.78, 5) is 21.4. The lowest BCUT2D eigenvalue weighted by Gasteiger charge is -2.10. The number of carbonyl (C=O) groups is 2. The molecular weight excluding hydrogens is 282 g/mol. The Morgan fingerprint density at radius 2 is 2.11 bits per heavy atom. The van der Waals surface area contributed by atoms with Crippen LogP contribution < -0.4 is 4.72 Å². The minimum absolute atomic E-state index is 0.0962. The molecule has 1 rings (SSSR count). The number of carboxylic acid groups (broad SMARTS) is 1. The second kappa shape index (κ2) is 5.46. The average Bonchev–Trinajstić information content (AvgIpc) is 2.77. The molecule has 100 valence electrons. The molecule has 0 aliphatic heterocycles. The van der Waals surface area contributed by atoms with Crippen LogP contribution in [0.3, 0.4) is 0 Å². The third kappa shape index (κ3) is 3.28. The van der Waals surface area contributed by atoms with Crippen molar-refractivity contribution < 1.29 is 27.9 Å². The Labute approximate surface area is 107 Å². The first kappa shape index (κ1) is 14.6. The van der Waals surface area contributed by atoms with Crippen LogP contribution >= 0.6 is 11.3 Å². The van der Waals surface area contributed by atoms with Crippen LogP contribution in [0.15, 0.2) is 16.3 Å². The van der Waals surface area contributed by atoms with Crippen molar-refractivity contribution >= 4 is 33.3 Å². The van der Waals surface area contributed by atoms with E-state index < -0.39 is 28.0 Å². The number of carboxylic acids is 1. The van der Waals surface area contributed by atoms with Crippen LogP contribution in [0.1, 0.15) is 16.6 Å². The molecule has 1 atom stereocenters. The molecule has 0 aliphatic carbocycles. The van der Waals surface area contributed by atoms with Crippen molar-refractivity contribution in [3.63, 3.8) is 0 Å². The number of esters is 1. The summed E-state index contributed by atoms with van der Waals surface area (Å²) in [7, 11) is -2.79. The van der Waals surface area contributed by atoms with Crippen molar-refractivity contribution in [3.05, 3.63) is 16.3 Å². The molecule has 2 N–H and O–H groups in total. The number of hydrogen-bond donors (Lipinski definition) is 2. The topological polar surface area (TPSA) is 110 Å². The highest BCUT2D eigenvalue weighted by atomic mass is 32.2. The number of rotatable bonds is 5. The molecular formula is C9H11NO6S2. The number of aromatic carboxylic acids is 1. The van der Waals surface area contributed by atoms with E-state index in [-0.39, 0.29) is 9.77 Å². The fourth-order valence-corrected chi connectivity index (χ4v) is 3.40. The number of ether oxygens (including phenoxy) is 1. The van der Waals surface area contributed by atoms with Gasteiger partial charge in [0.2, 0.25) is 10.0 Å². The maximum absolute atomic E-state index is 11.8. The summed E-state index contributed by atoms with van der Waals surface area (Å²) in [5, 5.41) is 9.88. The molecule has 7 nitrogen and oxygen atoms in total. The molecule has 0 saturated heterocycles. The van der Waals surface area contributed by atoms with Gasteiger partial charge in [-0.05, 0) is 13.0 Å². The van der Waals surface area contributed by atoms with Crippen LogP contribution in [0.5, 0.6) is 0 Å². The van der Waals surface area contributed by atoms with Crippen molar-refractivity contribution in [1.29, 1.82) is 0 Å². The fraction of sp³-hybridized carbons (Fsp3) is 0.333. The number of sulfonamides is 1. The second-order valence-corrected chi connectivity index (χ2v) is 5.94. The summed E-state index contributed by atoms with van der Waals surface area (Å²) in [6.45, 7) is 1.33. The molecule has 9 heteroatoms. The SMILES string of the molecule is COC(=O)C(C)NS(=O)(=O)c1csc(C(=O)O)c1. The average molecular weight is 293 g/mol. The maximum Gasteiger partial charge on any atom is 0.345 e. The van der Waals surface area contributed by atoms with Gasteiger partial charge in [0.1, 0.15) is 10.9 Å². The lowest BCUT2D eigenvalue weighted by Crippen LogP contribution is -2.38. The highest BCUT2D eigenvalue weighted by Gasteiger charge is 2.24. The van der Waals surface area contributed by atoms with E-state index in [2.05, 4.69) is 9.46 Å². The number of methoxy groups -OCH3 is 1. The van der Waals surface area contributed by atoms with E-state index in [0.29, 0.717) is 0 Å². The summed E-state index contributed by atoms with van der Waals surface area (Å²) < 4.78 is 30.1. The number of hydrogen-bond acceptors (Lipinski definition) is 6. The first-order chi connectivity index (χ1) is 8.27.